The Balaban J connectivity index is 2.16. The van der Waals surface area contributed by atoms with E-state index in [1.807, 2.05) is 0 Å². The van der Waals surface area contributed by atoms with Crippen LogP contribution in [0.15, 0.2) is 66.7 Å². The second-order valence-corrected chi connectivity index (χ2v) is 5.98. The predicted octanol–water partition coefficient (Wildman–Crippen LogP) is 4.20. The van der Waals surface area contributed by atoms with E-state index in [9.17, 15) is 14.4 Å². The van der Waals surface area contributed by atoms with Gasteiger partial charge in [-0.25, -0.2) is 14.4 Å². The molecule has 0 heterocycles. The average molecular weight is 376 g/mol. The Hall–Kier alpha value is -3.93. The minimum absolute atomic E-state index is 0.142. The van der Waals surface area contributed by atoms with Crippen molar-refractivity contribution in [2.24, 2.45) is 0 Å². The van der Waals surface area contributed by atoms with E-state index in [0.29, 0.717) is 27.8 Å². The molecule has 0 saturated carbocycles. The number of ether oxygens (including phenoxy) is 1. The summed E-state index contributed by atoms with van der Waals surface area (Å²) in [6.45, 7) is 0. The van der Waals surface area contributed by atoms with Crippen LogP contribution in [0.3, 0.4) is 0 Å². The fourth-order valence-corrected chi connectivity index (χ4v) is 2.94. The molecule has 0 fully saturated rings. The SMILES string of the molecule is COC(=O)c1c(-c2ccc(C(=O)O)cc2)cccc1-c1ccc(C(=O)O)cc1. The topological polar surface area (TPSA) is 101 Å². The summed E-state index contributed by atoms with van der Waals surface area (Å²) in [5.41, 5.74) is 3.10. The van der Waals surface area contributed by atoms with E-state index in [2.05, 4.69) is 0 Å². The van der Waals surface area contributed by atoms with Crippen molar-refractivity contribution in [3.8, 4) is 22.3 Å². The van der Waals surface area contributed by atoms with E-state index in [1.54, 1.807) is 42.5 Å². The molecule has 0 amide bonds. The highest BCUT2D eigenvalue weighted by Gasteiger charge is 2.19. The zero-order valence-electron chi connectivity index (χ0n) is 14.9. The number of esters is 1. The highest BCUT2D eigenvalue weighted by Crippen LogP contribution is 2.33. The van der Waals surface area contributed by atoms with Crippen molar-refractivity contribution < 1.29 is 29.3 Å². The summed E-state index contributed by atoms with van der Waals surface area (Å²) in [5, 5.41) is 18.1. The fraction of sp³-hybridized carbons (Fsp3) is 0.0455. The van der Waals surface area contributed by atoms with E-state index in [0.717, 1.165) is 0 Å². The van der Waals surface area contributed by atoms with Crippen LogP contribution in [0.1, 0.15) is 31.1 Å². The molecule has 0 spiro atoms. The first-order chi connectivity index (χ1) is 13.4. The van der Waals surface area contributed by atoms with Crippen molar-refractivity contribution >= 4 is 17.9 Å². The second kappa shape index (κ2) is 7.75. The van der Waals surface area contributed by atoms with Gasteiger partial charge in [-0.3, -0.25) is 0 Å². The van der Waals surface area contributed by atoms with E-state index in [4.69, 9.17) is 14.9 Å². The van der Waals surface area contributed by atoms with Gasteiger partial charge in [0.1, 0.15) is 0 Å². The number of aromatic carboxylic acids is 2. The van der Waals surface area contributed by atoms with Gasteiger partial charge in [0.15, 0.2) is 0 Å². The third-order valence-corrected chi connectivity index (χ3v) is 4.34. The van der Waals surface area contributed by atoms with Crippen molar-refractivity contribution in [3.63, 3.8) is 0 Å². The Morgan fingerprint density at radius 1 is 0.679 bits per heavy atom. The molecule has 0 aliphatic carbocycles. The van der Waals surface area contributed by atoms with Crippen LogP contribution in [0.2, 0.25) is 0 Å². The number of hydrogen-bond acceptors (Lipinski definition) is 4. The second-order valence-electron chi connectivity index (χ2n) is 5.98. The van der Waals surface area contributed by atoms with Crippen LogP contribution in [-0.4, -0.2) is 35.2 Å². The van der Waals surface area contributed by atoms with Crippen molar-refractivity contribution in [1.29, 1.82) is 0 Å². The monoisotopic (exact) mass is 376 g/mol. The number of carboxylic acids is 2. The van der Waals surface area contributed by atoms with Crippen LogP contribution in [0, 0.1) is 0 Å². The largest absolute Gasteiger partial charge is 0.478 e. The lowest BCUT2D eigenvalue weighted by atomic mass is 9.91. The third kappa shape index (κ3) is 3.61. The summed E-state index contributed by atoms with van der Waals surface area (Å²) in [4.78, 5) is 34.7. The van der Waals surface area contributed by atoms with Crippen molar-refractivity contribution in [3.05, 3.63) is 83.4 Å². The zero-order chi connectivity index (χ0) is 20.3. The molecule has 0 aromatic heterocycles. The van der Waals surface area contributed by atoms with Crippen molar-refractivity contribution in [2.75, 3.05) is 7.11 Å². The molecule has 0 atom stereocenters. The molecule has 0 saturated heterocycles. The number of rotatable bonds is 5. The van der Waals surface area contributed by atoms with Gasteiger partial charge < -0.3 is 14.9 Å². The molecule has 0 bridgehead atoms. The summed E-state index contributed by atoms with van der Waals surface area (Å²) < 4.78 is 4.96. The normalized spacial score (nSPS) is 10.3. The molecular formula is C22H16O6. The van der Waals surface area contributed by atoms with Gasteiger partial charge in [0.25, 0.3) is 0 Å². The quantitative estimate of drug-likeness (QED) is 0.647. The lowest BCUT2D eigenvalue weighted by Crippen LogP contribution is -2.06. The Morgan fingerprint density at radius 2 is 1.07 bits per heavy atom. The van der Waals surface area contributed by atoms with Crippen LogP contribution < -0.4 is 0 Å². The van der Waals surface area contributed by atoms with Crippen molar-refractivity contribution in [2.45, 2.75) is 0 Å². The van der Waals surface area contributed by atoms with Gasteiger partial charge >= 0.3 is 17.9 Å². The number of carbonyl (C=O) groups is 3. The lowest BCUT2D eigenvalue weighted by Gasteiger charge is -2.14. The number of methoxy groups -OCH3 is 1. The van der Waals surface area contributed by atoms with E-state index < -0.39 is 17.9 Å². The molecule has 6 nitrogen and oxygen atoms in total. The molecule has 140 valence electrons. The molecule has 3 aromatic carbocycles. The fourth-order valence-electron chi connectivity index (χ4n) is 2.94. The molecule has 0 radical (unpaired) electrons. The van der Waals surface area contributed by atoms with Crippen LogP contribution in [-0.2, 0) is 4.74 Å². The first-order valence-electron chi connectivity index (χ1n) is 8.31. The van der Waals surface area contributed by atoms with Crippen molar-refractivity contribution in [1.82, 2.24) is 0 Å². The van der Waals surface area contributed by atoms with Gasteiger partial charge in [0.2, 0.25) is 0 Å². The van der Waals surface area contributed by atoms with Gasteiger partial charge in [-0.1, -0.05) is 42.5 Å². The Labute approximate surface area is 160 Å². The third-order valence-electron chi connectivity index (χ3n) is 4.34. The van der Waals surface area contributed by atoms with Crippen LogP contribution in [0.5, 0.6) is 0 Å². The summed E-state index contributed by atoms with van der Waals surface area (Å²) in [7, 11) is 1.28. The highest BCUT2D eigenvalue weighted by molar-refractivity contribution is 6.04. The standard InChI is InChI=1S/C22H16O6/c1-28-22(27)19-17(13-5-9-15(10-6-13)20(23)24)3-2-4-18(19)14-7-11-16(12-8-14)21(25)26/h2-12H,1H3,(H,23,24)(H,25,26). The Kier molecular flexibility index (Phi) is 5.22. The molecule has 0 aliphatic rings. The number of carboxylic acid groups (broad SMARTS) is 2. The molecule has 28 heavy (non-hydrogen) atoms. The maximum atomic E-state index is 12.5. The molecule has 0 aliphatic heterocycles. The van der Waals surface area contributed by atoms with Gasteiger partial charge in [0.05, 0.1) is 23.8 Å². The van der Waals surface area contributed by atoms with Gasteiger partial charge in [-0.2, -0.15) is 0 Å². The van der Waals surface area contributed by atoms with E-state index in [-0.39, 0.29) is 11.1 Å². The summed E-state index contributed by atoms with van der Waals surface area (Å²) in [6.07, 6.45) is 0. The minimum atomic E-state index is -1.04. The van der Waals surface area contributed by atoms with Crippen LogP contribution in [0.4, 0.5) is 0 Å². The first kappa shape index (κ1) is 18.8. The van der Waals surface area contributed by atoms with Crippen LogP contribution in [0.25, 0.3) is 22.3 Å². The molecule has 3 aromatic rings. The molecular weight excluding hydrogens is 360 g/mol. The maximum Gasteiger partial charge on any atom is 0.339 e. The first-order valence-corrected chi connectivity index (χ1v) is 8.31. The predicted molar refractivity (Wildman–Crippen MR) is 103 cm³/mol. The number of carbonyl (C=O) groups excluding carboxylic acids is 1. The van der Waals surface area contributed by atoms with E-state index >= 15 is 0 Å². The molecule has 6 heteroatoms. The summed E-state index contributed by atoms with van der Waals surface area (Å²) in [5.74, 6) is -2.62. The lowest BCUT2D eigenvalue weighted by molar-refractivity contribution is 0.0600. The van der Waals surface area contributed by atoms with Crippen LogP contribution >= 0.6 is 0 Å². The maximum absolute atomic E-state index is 12.5. The smallest absolute Gasteiger partial charge is 0.339 e. The summed E-state index contributed by atoms with van der Waals surface area (Å²) in [6, 6.07) is 17.6. The molecule has 2 N–H and O–H groups in total. The Morgan fingerprint density at radius 3 is 1.39 bits per heavy atom. The van der Waals surface area contributed by atoms with Gasteiger partial charge in [-0.15, -0.1) is 0 Å². The van der Waals surface area contributed by atoms with E-state index in [1.165, 1.54) is 31.4 Å². The highest BCUT2D eigenvalue weighted by atomic mass is 16.5. The number of benzene rings is 3. The van der Waals surface area contributed by atoms with Gasteiger partial charge in [0, 0.05) is 0 Å². The van der Waals surface area contributed by atoms with Gasteiger partial charge in [-0.05, 0) is 46.5 Å². The minimum Gasteiger partial charge on any atom is -0.478 e. The molecule has 3 rings (SSSR count). The number of hydrogen-bond donors (Lipinski definition) is 2. The Bertz CT molecular complexity index is 974. The summed E-state index contributed by atoms with van der Waals surface area (Å²) >= 11 is 0. The zero-order valence-corrected chi connectivity index (χ0v) is 14.9. The molecule has 0 unspecified atom stereocenters. The average Bonchev–Trinajstić information content (AvgIpc) is 2.72.